The molecule has 20 heavy (non-hydrogen) atoms. The number of nitrogens with one attached hydrogen (secondary N) is 1. The quantitative estimate of drug-likeness (QED) is 0.805. The minimum absolute atomic E-state index is 0.0442. The average molecular weight is 359 g/mol. The summed E-state index contributed by atoms with van der Waals surface area (Å²) < 4.78 is 32.0. The molecule has 108 valence electrons. The van der Waals surface area contributed by atoms with Crippen LogP contribution in [0.4, 0.5) is 0 Å². The van der Waals surface area contributed by atoms with E-state index < -0.39 is 10.0 Å². The predicted octanol–water partition coefficient (Wildman–Crippen LogP) is 2.61. The number of rotatable bonds is 6. The molecule has 1 heterocycles. The first-order valence-electron chi connectivity index (χ1n) is 6.13. The van der Waals surface area contributed by atoms with Gasteiger partial charge in [-0.3, -0.25) is 0 Å². The number of benzene rings is 1. The lowest BCUT2D eigenvalue weighted by Gasteiger charge is -2.05. The number of alkyl halides is 1. The summed E-state index contributed by atoms with van der Waals surface area (Å²) in [5.74, 6) is 1.10. The van der Waals surface area contributed by atoms with Gasteiger partial charge in [-0.05, 0) is 17.7 Å². The zero-order chi connectivity index (χ0) is 14.6. The van der Waals surface area contributed by atoms with Crippen LogP contribution in [0.5, 0.6) is 0 Å². The van der Waals surface area contributed by atoms with Crippen LogP contribution in [0.2, 0.25) is 0 Å². The number of hydrogen-bond acceptors (Lipinski definition) is 4. The van der Waals surface area contributed by atoms with Crippen LogP contribution < -0.4 is 4.72 Å². The van der Waals surface area contributed by atoms with Gasteiger partial charge in [0, 0.05) is 11.8 Å². The molecule has 0 aliphatic rings. The lowest BCUT2D eigenvalue weighted by atomic mass is 10.2. The van der Waals surface area contributed by atoms with Crippen molar-refractivity contribution in [1.29, 1.82) is 0 Å². The summed E-state index contributed by atoms with van der Waals surface area (Å²) in [6.07, 6.45) is 2.34. The van der Waals surface area contributed by atoms with E-state index in [2.05, 4.69) is 25.6 Å². The summed E-state index contributed by atoms with van der Waals surface area (Å²) in [6.45, 7) is 1.99. The molecule has 2 rings (SSSR count). The maximum Gasteiger partial charge on any atom is 0.241 e. The van der Waals surface area contributed by atoms with Crippen molar-refractivity contribution in [2.45, 2.75) is 30.1 Å². The number of oxazole rings is 1. The Labute approximate surface area is 126 Å². The molecule has 5 nitrogen and oxygen atoms in total. The summed E-state index contributed by atoms with van der Waals surface area (Å²) in [7, 11) is -3.55. The molecule has 2 aromatic rings. The van der Waals surface area contributed by atoms with E-state index in [1.807, 2.05) is 6.92 Å². The number of hydrogen-bond donors (Lipinski definition) is 1. The number of aryl methyl sites for hydroxylation is 1. The van der Waals surface area contributed by atoms with Crippen LogP contribution in [-0.2, 0) is 28.3 Å². The third-order valence-electron chi connectivity index (χ3n) is 2.75. The molecule has 0 fully saturated rings. The smallest absolute Gasteiger partial charge is 0.241 e. The van der Waals surface area contributed by atoms with Gasteiger partial charge in [0.2, 0.25) is 15.9 Å². The fourth-order valence-corrected chi connectivity index (χ4v) is 2.94. The molecule has 0 atom stereocenters. The summed E-state index contributed by atoms with van der Waals surface area (Å²) in [4.78, 5) is 4.24. The van der Waals surface area contributed by atoms with E-state index >= 15 is 0 Å². The lowest BCUT2D eigenvalue weighted by Crippen LogP contribution is -2.23. The Bertz CT molecular complexity index is 665. The minimum Gasteiger partial charge on any atom is -0.444 e. The van der Waals surface area contributed by atoms with Crippen LogP contribution in [0.25, 0.3) is 0 Å². The zero-order valence-corrected chi connectivity index (χ0v) is 13.4. The second kappa shape index (κ2) is 6.51. The highest BCUT2D eigenvalue weighted by atomic mass is 79.9. The van der Waals surface area contributed by atoms with Crippen LogP contribution in [0.1, 0.15) is 24.1 Å². The van der Waals surface area contributed by atoms with E-state index in [4.69, 9.17) is 4.42 Å². The number of sulfonamides is 1. The van der Waals surface area contributed by atoms with Gasteiger partial charge in [-0.15, -0.1) is 0 Å². The average Bonchev–Trinajstić information content (AvgIpc) is 2.93. The van der Waals surface area contributed by atoms with Crippen molar-refractivity contribution >= 4 is 26.0 Å². The first kappa shape index (κ1) is 15.2. The van der Waals surface area contributed by atoms with Crippen LogP contribution in [0.3, 0.4) is 0 Å². The molecule has 0 aliphatic carbocycles. The highest BCUT2D eigenvalue weighted by Crippen LogP contribution is 2.13. The van der Waals surface area contributed by atoms with Crippen LogP contribution in [0.15, 0.2) is 39.8 Å². The fraction of sp³-hybridized carbons (Fsp3) is 0.308. The van der Waals surface area contributed by atoms with Gasteiger partial charge in [-0.25, -0.2) is 18.1 Å². The van der Waals surface area contributed by atoms with Gasteiger partial charge < -0.3 is 4.42 Å². The van der Waals surface area contributed by atoms with E-state index in [0.29, 0.717) is 11.2 Å². The molecule has 0 amide bonds. The summed E-state index contributed by atoms with van der Waals surface area (Å²) >= 11 is 3.32. The van der Waals surface area contributed by atoms with E-state index in [0.717, 1.165) is 17.7 Å². The number of nitrogens with zero attached hydrogens (tertiary/aromatic N) is 1. The second-order valence-corrected chi connectivity index (χ2v) is 6.50. The molecule has 0 unspecified atom stereocenters. The van der Waals surface area contributed by atoms with Crippen molar-refractivity contribution in [2.24, 2.45) is 0 Å². The maximum atomic E-state index is 12.1. The van der Waals surface area contributed by atoms with Gasteiger partial charge in [0.15, 0.2) is 0 Å². The molecular formula is C13H15BrN2O3S. The highest BCUT2D eigenvalue weighted by molar-refractivity contribution is 9.08. The Hall–Kier alpha value is -1.18. The second-order valence-electron chi connectivity index (χ2n) is 4.18. The van der Waals surface area contributed by atoms with Crippen molar-refractivity contribution in [3.63, 3.8) is 0 Å². The topological polar surface area (TPSA) is 72.2 Å². The molecular weight excluding hydrogens is 344 g/mol. The van der Waals surface area contributed by atoms with Gasteiger partial charge in [-0.1, -0.05) is 35.0 Å². The van der Waals surface area contributed by atoms with Gasteiger partial charge in [0.25, 0.3) is 0 Å². The van der Waals surface area contributed by atoms with Gasteiger partial charge >= 0.3 is 0 Å². The molecule has 7 heteroatoms. The summed E-state index contributed by atoms with van der Waals surface area (Å²) in [5, 5.41) is 0.691. The van der Waals surface area contributed by atoms with Crippen LogP contribution >= 0.6 is 15.9 Å². The third kappa shape index (κ3) is 3.68. The minimum atomic E-state index is -3.55. The first-order chi connectivity index (χ1) is 9.55. The van der Waals surface area contributed by atoms with Gasteiger partial charge in [0.05, 0.1) is 17.6 Å². The van der Waals surface area contributed by atoms with Crippen LogP contribution in [0, 0.1) is 0 Å². The van der Waals surface area contributed by atoms with Crippen molar-refractivity contribution < 1.29 is 12.8 Å². The van der Waals surface area contributed by atoms with Gasteiger partial charge in [0.1, 0.15) is 5.76 Å². The van der Waals surface area contributed by atoms with E-state index in [9.17, 15) is 8.42 Å². The molecule has 0 bridgehead atoms. The molecule has 1 aromatic heterocycles. The Morgan fingerprint density at radius 3 is 2.55 bits per heavy atom. The Balaban J connectivity index is 2.06. The molecule has 0 spiro atoms. The highest BCUT2D eigenvalue weighted by Gasteiger charge is 2.15. The fourth-order valence-electron chi connectivity index (χ4n) is 1.59. The van der Waals surface area contributed by atoms with E-state index in [1.165, 1.54) is 0 Å². The Kier molecular flexibility index (Phi) is 4.95. The SMILES string of the molecule is CCc1cnc(CNS(=O)(=O)c2ccc(CBr)cc2)o1. The normalized spacial score (nSPS) is 11.7. The van der Waals surface area contributed by atoms with Gasteiger partial charge in [-0.2, -0.15) is 0 Å². The molecule has 0 aliphatic heterocycles. The summed E-state index contributed by atoms with van der Waals surface area (Å²) in [5.41, 5.74) is 1.02. The van der Waals surface area contributed by atoms with Crippen LogP contribution in [-0.4, -0.2) is 13.4 Å². The molecule has 1 aromatic carbocycles. The van der Waals surface area contributed by atoms with Crippen molar-refractivity contribution in [3.05, 3.63) is 47.7 Å². The largest absolute Gasteiger partial charge is 0.444 e. The summed E-state index contributed by atoms with van der Waals surface area (Å²) in [6, 6.07) is 6.69. The molecule has 1 N–H and O–H groups in total. The standard InChI is InChI=1S/C13H15BrN2O3S/c1-2-11-8-15-13(19-11)9-16-20(17,18)12-5-3-10(7-14)4-6-12/h3-6,8,16H,2,7,9H2,1H3. The molecule has 0 radical (unpaired) electrons. The Morgan fingerprint density at radius 1 is 1.30 bits per heavy atom. The number of aromatic nitrogens is 1. The molecule has 0 saturated heterocycles. The van der Waals surface area contributed by atoms with Crippen molar-refractivity contribution in [3.8, 4) is 0 Å². The first-order valence-corrected chi connectivity index (χ1v) is 8.73. The number of halogens is 1. The lowest BCUT2D eigenvalue weighted by molar-refractivity contribution is 0.452. The van der Waals surface area contributed by atoms with E-state index in [1.54, 1.807) is 30.5 Å². The van der Waals surface area contributed by atoms with E-state index in [-0.39, 0.29) is 11.4 Å². The van der Waals surface area contributed by atoms with Crippen molar-refractivity contribution in [1.82, 2.24) is 9.71 Å². The predicted molar refractivity (Wildman–Crippen MR) is 79.0 cm³/mol. The Morgan fingerprint density at radius 2 is 2.00 bits per heavy atom. The molecule has 0 saturated carbocycles. The zero-order valence-electron chi connectivity index (χ0n) is 11.0. The maximum absolute atomic E-state index is 12.1. The third-order valence-corrected chi connectivity index (χ3v) is 4.82. The monoisotopic (exact) mass is 358 g/mol. The van der Waals surface area contributed by atoms with Crippen molar-refractivity contribution in [2.75, 3.05) is 0 Å².